The molecular weight excluding hydrogens is 366 g/mol. The molecule has 29 heavy (non-hydrogen) atoms. The second kappa shape index (κ2) is 12.4. The number of nitrogens with zero attached hydrogens (tertiary/aromatic N) is 4. The lowest BCUT2D eigenvalue weighted by Crippen LogP contribution is -2.54. The summed E-state index contributed by atoms with van der Waals surface area (Å²) in [5.74, 6) is 1.29. The molecule has 1 amide bonds. The molecule has 166 valence electrons. The number of amides is 1. The summed E-state index contributed by atoms with van der Waals surface area (Å²) in [6.07, 6.45) is 10.5. The highest BCUT2D eigenvalue weighted by molar-refractivity contribution is 5.80. The Balaban J connectivity index is 1.38. The summed E-state index contributed by atoms with van der Waals surface area (Å²) >= 11 is 0. The number of guanidine groups is 1. The zero-order chi connectivity index (χ0) is 20.3. The van der Waals surface area contributed by atoms with E-state index in [-0.39, 0.29) is 0 Å². The Bertz CT molecular complexity index is 505. The molecule has 1 N–H and O–H groups in total. The molecule has 1 aliphatic carbocycles. The topological polar surface area (TPSA) is 60.4 Å². The van der Waals surface area contributed by atoms with Crippen LogP contribution in [0.4, 0.5) is 0 Å². The fourth-order valence-corrected chi connectivity index (χ4v) is 4.58. The minimum absolute atomic E-state index is 0.298. The van der Waals surface area contributed by atoms with E-state index in [4.69, 9.17) is 9.73 Å². The number of carbonyl (C=O) groups is 1. The number of hydrogen-bond acceptors (Lipinski definition) is 4. The number of likely N-dealkylation sites (tertiary alicyclic amines) is 1. The van der Waals surface area contributed by atoms with Crippen LogP contribution in [0.5, 0.6) is 0 Å². The molecule has 0 unspecified atom stereocenters. The maximum absolute atomic E-state index is 12.4. The van der Waals surface area contributed by atoms with E-state index in [0.29, 0.717) is 31.7 Å². The van der Waals surface area contributed by atoms with Gasteiger partial charge >= 0.3 is 0 Å². The second-order valence-corrected chi connectivity index (χ2v) is 8.57. The standard InChI is InChI=1S/C22H41N5O2/c1-2-23-22(24-11-18-29-20-9-5-3-4-6-10-20)27-16-14-25(15-17-27)19-21(28)26-12-7-8-13-26/h20H,2-19H2,1H3,(H,23,24). The fraction of sp³-hybridized carbons (Fsp3) is 0.909. The van der Waals surface area contributed by atoms with Crippen molar-refractivity contribution in [2.75, 3.05) is 65.5 Å². The van der Waals surface area contributed by atoms with Gasteiger partial charge in [-0.05, 0) is 32.6 Å². The summed E-state index contributed by atoms with van der Waals surface area (Å²) in [6.45, 7) is 10.5. The predicted octanol–water partition coefficient (Wildman–Crippen LogP) is 1.93. The quantitative estimate of drug-likeness (QED) is 0.302. The van der Waals surface area contributed by atoms with Crippen LogP contribution < -0.4 is 5.32 Å². The first-order valence-electron chi connectivity index (χ1n) is 11.9. The number of nitrogens with one attached hydrogen (secondary N) is 1. The molecule has 2 saturated heterocycles. The molecule has 2 heterocycles. The number of hydrogen-bond donors (Lipinski definition) is 1. The van der Waals surface area contributed by atoms with Crippen LogP contribution in [0.1, 0.15) is 58.3 Å². The largest absolute Gasteiger partial charge is 0.376 e. The van der Waals surface area contributed by atoms with Gasteiger partial charge in [-0.2, -0.15) is 0 Å². The van der Waals surface area contributed by atoms with E-state index in [0.717, 1.165) is 64.6 Å². The van der Waals surface area contributed by atoms with Crippen molar-refractivity contribution in [1.29, 1.82) is 0 Å². The maximum Gasteiger partial charge on any atom is 0.236 e. The van der Waals surface area contributed by atoms with E-state index in [1.165, 1.54) is 38.5 Å². The molecule has 7 heteroatoms. The van der Waals surface area contributed by atoms with Gasteiger partial charge in [-0.15, -0.1) is 0 Å². The molecule has 3 rings (SSSR count). The van der Waals surface area contributed by atoms with Crippen molar-refractivity contribution < 1.29 is 9.53 Å². The van der Waals surface area contributed by atoms with Crippen LogP contribution in [0, 0.1) is 0 Å². The Morgan fingerprint density at radius 2 is 1.62 bits per heavy atom. The SMILES string of the molecule is CCNC(=NCCOC1CCCCCC1)N1CCN(CC(=O)N2CCCC2)CC1. The Hall–Kier alpha value is -1.34. The van der Waals surface area contributed by atoms with Crippen LogP contribution in [-0.4, -0.2) is 98.2 Å². The van der Waals surface area contributed by atoms with E-state index in [1.54, 1.807) is 0 Å². The molecule has 3 aliphatic rings. The van der Waals surface area contributed by atoms with Crippen molar-refractivity contribution in [2.24, 2.45) is 4.99 Å². The molecule has 3 fully saturated rings. The van der Waals surface area contributed by atoms with Crippen LogP contribution in [0.25, 0.3) is 0 Å². The Morgan fingerprint density at radius 3 is 2.28 bits per heavy atom. The number of aliphatic imine (C=N–C) groups is 1. The van der Waals surface area contributed by atoms with Crippen LogP contribution in [-0.2, 0) is 9.53 Å². The molecule has 7 nitrogen and oxygen atoms in total. The summed E-state index contributed by atoms with van der Waals surface area (Å²) < 4.78 is 6.08. The number of carbonyl (C=O) groups excluding carboxylic acids is 1. The van der Waals surface area contributed by atoms with Gasteiger partial charge in [0.15, 0.2) is 5.96 Å². The first kappa shape index (κ1) is 22.3. The number of rotatable bonds is 7. The Labute approximate surface area is 176 Å². The van der Waals surface area contributed by atoms with E-state index < -0.39 is 0 Å². The smallest absolute Gasteiger partial charge is 0.236 e. The highest BCUT2D eigenvalue weighted by atomic mass is 16.5. The first-order chi connectivity index (χ1) is 14.3. The van der Waals surface area contributed by atoms with Crippen LogP contribution in [0.3, 0.4) is 0 Å². The van der Waals surface area contributed by atoms with Crippen molar-refractivity contribution >= 4 is 11.9 Å². The van der Waals surface area contributed by atoms with Crippen LogP contribution >= 0.6 is 0 Å². The fourth-order valence-electron chi connectivity index (χ4n) is 4.58. The third-order valence-corrected chi connectivity index (χ3v) is 6.33. The number of piperazine rings is 1. The molecule has 2 aliphatic heterocycles. The molecule has 0 atom stereocenters. The van der Waals surface area contributed by atoms with Crippen molar-refractivity contribution in [3.63, 3.8) is 0 Å². The van der Waals surface area contributed by atoms with Gasteiger partial charge in [0.25, 0.3) is 0 Å². The van der Waals surface area contributed by atoms with Crippen molar-refractivity contribution in [2.45, 2.75) is 64.4 Å². The molecule has 0 spiro atoms. The Morgan fingerprint density at radius 1 is 0.931 bits per heavy atom. The van der Waals surface area contributed by atoms with E-state index in [2.05, 4.69) is 22.0 Å². The van der Waals surface area contributed by atoms with Gasteiger partial charge < -0.3 is 19.9 Å². The third-order valence-electron chi connectivity index (χ3n) is 6.33. The molecular formula is C22H41N5O2. The zero-order valence-electron chi connectivity index (χ0n) is 18.4. The average Bonchev–Trinajstić information content (AvgIpc) is 3.16. The second-order valence-electron chi connectivity index (χ2n) is 8.57. The molecule has 0 aromatic rings. The van der Waals surface area contributed by atoms with Gasteiger partial charge in [-0.1, -0.05) is 25.7 Å². The zero-order valence-corrected chi connectivity index (χ0v) is 18.4. The average molecular weight is 408 g/mol. The molecule has 0 aromatic heterocycles. The lowest BCUT2D eigenvalue weighted by Gasteiger charge is -2.36. The minimum Gasteiger partial charge on any atom is -0.376 e. The van der Waals surface area contributed by atoms with Gasteiger partial charge in [0.2, 0.25) is 5.91 Å². The van der Waals surface area contributed by atoms with E-state index >= 15 is 0 Å². The van der Waals surface area contributed by atoms with Gasteiger partial charge in [-0.25, -0.2) is 0 Å². The maximum atomic E-state index is 12.4. The van der Waals surface area contributed by atoms with Crippen LogP contribution in [0.2, 0.25) is 0 Å². The van der Waals surface area contributed by atoms with Gasteiger partial charge in [0, 0.05) is 45.8 Å². The van der Waals surface area contributed by atoms with Gasteiger partial charge in [0.1, 0.15) is 0 Å². The third kappa shape index (κ3) is 7.45. The lowest BCUT2D eigenvalue weighted by molar-refractivity contribution is -0.131. The highest BCUT2D eigenvalue weighted by Crippen LogP contribution is 2.19. The normalized spacial score (nSPS) is 22.7. The summed E-state index contributed by atoms with van der Waals surface area (Å²) in [5.41, 5.74) is 0. The molecule has 1 saturated carbocycles. The Kier molecular flexibility index (Phi) is 9.54. The van der Waals surface area contributed by atoms with Gasteiger partial charge in [0.05, 0.1) is 25.8 Å². The lowest BCUT2D eigenvalue weighted by atomic mass is 10.1. The molecule has 0 radical (unpaired) electrons. The summed E-state index contributed by atoms with van der Waals surface area (Å²) in [4.78, 5) is 23.8. The molecule has 0 aromatic carbocycles. The van der Waals surface area contributed by atoms with Crippen LogP contribution in [0.15, 0.2) is 4.99 Å². The van der Waals surface area contributed by atoms with Gasteiger partial charge in [-0.3, -0.25) is 14.7 Å². The van der Waals surface area contributed by atoms with Crippen molar-refractivity contribution in [3.8, 4) is 0 Å². The van der Waals surface area contributed by atoms with E-state index in [9.17, 15) is 4.79 Å². The first-order valence-corrected chi connectivity index (χ1v) is 11.9. The summed E-state index contributed by atoms with van der Waals surface area (Å²) in [5, 5.41) is 3.43. The summed E-state index contributed by atoms with van der Waals surface area (Å²) in [6, 6.07) is 0. The van der Waals surface area contributed by atoms with Crippen molar-refractivity contribution in [1.82, 2.24) is 20.0 Å². The van der Waals surface area contributed by atoms with E-state index in [1.807, 2.05) is 4.90 Å². The summed E-state index contributed by atoms with van der Waals surface area (Å²) in [7, 11) is 0. The van der Waals surface area contributed by atoms with Crippen molar-refractivity contribution in [3.05, 3.63) is 0 Å². The highest BCUT2D eigenvalue weighted by Gasteiger charge is 2.24. The minimum atomic E-state index is 0.298. The molecule has 0 bridgehead atoms. The predicted molar refractivity (Wildman–Crippen MR) is 117 cm³/mol. The monoisotopic (exact) mass is 407 g/mol. The number of ether oxygens (including phenoxy) is 1.